The molecule has 1 aromatic rings. The zero-order valence-corrected chi connectivity index (χ0v) is 15.6. The van der Waals surface area contributed by atoms with Gasteiger partial charge in [-0.05, 0) is 38.3 Å². The van der Waals surface area contributed by atoms with Crippen LogP contribution in [0.25, 0.3) is 0 Å². The maximum Gasteiger partial charge on any atom is 0.349 e. The van der Waals surface area contributed by atoms with Crippen LogP contribution in [0.1, 0.15) is 42.5 Å². The molecule has 126 valence electrons. The molecular weight excluding hydrogens is 364 g/mol. The van der Waals surface area contributed by atoms with E-state index in [-0.39, 0.29) is 11.9 Å². The lowest BCUT2D eigenvalue weighted by Crippen LogP contribution is -2.45. The SMILES string of the molecule is COC(=O)C1(C)CCc2c(CBr)c(OC(C)=O)c(C)c(C)c2O1. The molecule has 1 atom stereocenters. The lowest BCUT2D eigenvalue weighted by molar-refractivity contribution is -0.159. The third-order valence-corrected chi connectivity index (χ3v) is 4.89. The fraction of sp³-hybridized carbons (Fsp3) is 0.529. The van der Waals surface area contributed by atoms with Crippen molar-refractivity contribution in [2.45, 2.75) is 51.5 Å². The maximum atomic E-state index is 12.0. The molecule has 0 fully saturated rings. The van der Waals surface area contributed by atoms with Crippen molar-refractivity contribution in [3.05, 3.63) is 22.3 Å². The Morgan fingerprint density at radius 1 is 1.30 bits per heavy atom. The fourth-order valence-corrected chi connectivity index (χ4v) is 3.49. The van der Waals surface area contributed by atoms with E-state index in [0.29, 0.717) is 29.7 Å². The quantitative estimate of drug-likeness (QED) is 0.454. The zero-order valence-electron chi connectivity index (χ0n) is 14.0. The molecule has 0 aromatic heterocycles. The normalized spacial score (nSPS) is 19.6. The number of ether oxygens (including phenoxy) is 3. The van der Waals surface area contributed by atoms with Crippen LogP contribution in [0.15, 0.2) is 0 Å². The highest BCUT2D eigenvalue weighted by Crippen LogP contribution is 2.45. The van der Waals surface area contributed by atoms with Gasteiger partial charge in [0.05, 0.1) is 7.11 Å². The second-order valence-corrected chi connectivity index (χ2v) is 6.48. The second-order valence-electron chi connectivity index (χ2n) is 5.92. The Labute approximate surface area is 144 Å². The zero-order chi connectivity index (χ0) is 17.4. The van der Waals surface area contributed by atoms with Gasteiger partial charge in [0.15, 0.2) is 0 Å². The average molecular weight is 385 g/mol. The van der Waals surface area contributed by atoms with Gasteiger partial charge >= 0.3 is 11.9 Å². The van der Waals surface area contributed by atoms with Gasteiger partial charge in [0.1, 0.15) is 11.5 Å². The number of benzene rings is 1. The van der Waals surface area contributed by atoms with E-state index in [4.69, 9.17) is 14.2 Å². The molecule has 2 rings (SSSR count). The van der Waals surface area contributed by atoms with E-state index in [1.54, 1.807) is 6.92 Å². The average Bonchev–Trinajstić information content (AvgIpc) is 2.52. The third-order valence-electron chi connectivity index (χ3n) is 4.33. The molecule has 1 heterocycles. The number of carbonyl (C=O) groups excluding carboxylic acids is 2. The van der Waals surface area contributed by atoms with E-state index in [1.165, 1.54) is 14.0 Å². The summed E-state index contributed by atoms with van der Waals surface area (Å²) in [6, 6.07) is 0. The van der Waals surface area contributed by atoms with Crippen LogP contribution < -0.4 is 9.47 Å². The number of hydrogen-bond acceptors (Lipinski definition) is 5. The smallest absolute Gasteiger partial charge is 0.349 e. The van der Waals surface area contributed by atoms with Crippen molar-refractivity contribution in [3.63, 3.8) is 0 Å². The van der Waals surface area contributed by atoms with Gasteiger partial charge in [0.2, 0.25) is 5.60 Å². The summed E-state index contributed by atoms with van der Waals surface area (Å²) in [6.07, 6.45) is 1.16. The van der Waals surface area contributed by atoms with Crippen molar-refractivity contribution in [3.8, 4) is 11.5 Å². The van der Waals surface area contributed by atoms with Crippen molar-refractivity contribution in [1.82, 2.24) is 0 Å². The Kier molecular flexibility index (Phi) is 5.04. The van der Waals surface area contributed by atoms with Crippen LogP contribution >= 0.6 is 15.9 Å². The molecule has 6 heteroatoms. The van der Waals surface area contributed by atoms with Gasteiger partial charge in [0, 0.05) is 29.8 Å². The molecular formula is C17H21BrO5. The molecule has 0 bridgehead atoms. The van der Waals surface area contributed by atoms with Crippen molar-refractivity contribution in [2.75, 3.05) is 7.11 Å². The van der Waals surface area contributed by atoms with Gasteiger partial charge in [-0.15, -0.1) is 0 Å². The summed E-state index contributed by atoms with van der Waals surface area (Å²) in [4.78, 5) is 23.4. The number of alkyl halides is 1. The van der Waals surface area contributed by atoms with Gasteiger partial charge < -0.3 is 14.2 Å². The van der Waals surface area contributed by atoms with Gasteiger partial charge in [-0.3, -0.25) is 4.79 Å². The van der Waals surface area contributed by atoms with E-state index < -0.39 is 5.60 Å². The molecule has 23 heavy (non-hydrogen) atoms. The minimum atomic E-state index is -0.995. The minimum Gasteiger partial charge on any atom is -0.475 e. The highest BCUT2D eigenvalue weighted by molar-refractivity contribution is 9.08. The Hall–Kier alpha value is -1.56. The van der Waals surface area contributed by atoms with Crippen molar-refractivity contribution in [2.24, 2.45) is 0 Å². The number of halogens is 1. The summed E-state index contributed by atoms with van der Waals surface area (Å²) in [5.74, 6) is 0.526. The Balaban J connectivity index is 2.60. The summed E-state index contributed by atoms with van der Waals surface area (Å²) in [5.41, 5.74) is 2.58. The Bertz CT molecular complexity index is 668. The molecule has 1 aliphatic rings. The highest BCUT2D eigenvalue weighted by Gasteiger charge is 2.42. The molecule has 1 unspecified atom stereocenters. The first-order valence-corrected chi connectivity index (χ1v) is 8.54. The summed E-state index contributed by atoms with van der Waals surface area (Å²) in [7, 11) is 1.36. The van der Waals surface area contributed by atoms with Crippen LogP contribution in [0.5, 0.6) is 11.5 Å². The molecule has 0 radical (unpaired) electrons. The molecule has 1 aliphatic heterocycles. The molecule has 1 aromatic carbocycles. The predicted molar refractivity (Wildman–Crippen MR) is 89.2 cm³/mol. The highest BCUT2D eigenvalue weighted by atomic mass is 79.9. The number of hydrogen-bond donors (Lipinski definition) is 0. The van der Waals surface area contributed by atoms with Crippen LogP contribution in [-0.2, 0) is 26.1 Å². The molecule has 5 nitrogen and oxygen atoms in total. The van der Waals surface area contributed by atoms with Gasteiger partial charge in [0.25, 0.3) is 0 Å². The molecule has 0 saturated carbocycles. The molecule has 0 spiro atoms. The van der Waals surface area contributed by atoms with Crippen molar-refractivity contribution in [1.29, 1.82) is 0 Å². The van der Waals surface area contributed by atoms with Crippen LogP contribution in [0.4, 0.5) is 0 Å². The van der Waals surface area contributed by atoms with Crippen molar-refractivity contribution >= 4 is 27.9 Å². The van der Waals surface area contributed by atoms with Gasteiger partial charge in [-0.1, -0.05) is 15.9 Å². The van der Waals surface area contributed by atoms with Gasteiger partial charge in [-0.25, -0.2) is 4.79 Å². The summed E-state index contributed by atoms with van der Waals surface area (Å²) in [6.45, 7) is 6.91. The maximum absolute atomic E-state index is 12.0. The largest absolute Gasteiger partial charge is 0.475 e. The van der Waals surface area contributed by atoms with E-state index in [0.717, 1.165) is 22.3 Å². The van der Waals surface area contributed by atoms with E-state index in [9.17, 15) is 9.59 Å². The van der Waals surface area contributed by atoms with Crippen LogP contribution in [-0.4, -0.2) is 24.6 Å². The monoisotopic (exact) mass is 384 g/mol. The summed E-state index contributed by atoms with van der Waals surface area (Å²) >= 11 is 3.47. The Morgan fingerprint density at radius 3 is 2.48 bits per heavy atom. The lowest BCUT2D eigenvalue weighted by Gasteiger charge is -2.36. The molecule has 0 N–H and O–H groups in total. The van der Waals surface area contributed by atoms with E-state index in [2.05, 4.69) is 15.9 Å². The van der Waals surface area contributed by atoms with Crippen molar-refractivity contribution < 1.29 is 23.8 Å². The number of methoxy groups -OCH3 is 1. The standard InChI is InChI=1S/C17H21BrO5/c1-9-10(2)15-12(13(8-18)14(9)22-11(3)19)6-7-17(4,23-15)16(20)21-5/h6-8H2,1-5H3. The molecule has 0 saturated heterocycles. The first-order chi connectivity index (χ1) is 10.7. The minimum absolute atomic E-state index is 0.356. The number of esters is 2. The predicted octanol–water partition coefficient (Wildman–Crippen LogP) is 3.38. The van der Waals surface area contributed by atoms with Crippen LogP contribution in [0.2, 0.25) is 0 Å². The summed E-state index contributed by atoms with van der Waals surface area (Å²) < 4.78 is 16.3. The topological polar surface area (TPSA) is 61.8 Å². The number of carbonyl (C=O) groups is 2. The molecule has 0 aliphatic carbocycles. The van der Waals surface area contributed by atoms with E-state index in [1.807, 2.05) is 13.8 Å². The fourth-order valence-electron chi connectivity index (χ4n) is 2.89. The van der Waals surface area contributed by atoms with Crippen LogP contribution in [0.3, 0.4) is 0 Å². The second kappa shape index (κ2) is 6.51. The number of fused-ring (bicyclic) bond motifs is 1. The third kappa shape index (κ3) is 3.09. The van der Waals surface area contributed by atoms with Crippen LogP contribution in [0, 0.1) is 13.8 Å². The first-order valence-electron chi connectivity index (χ1n) is 7.42. The first kappa shape index (κ1) is 17.8. The van der Waals surface area contributed by atoms with E-state index >= 15 is 0 Å². The molecule has 0 amide bonds. The number of rotatable bonds is 3. The van der Waals surface area contributed by atoms with Gasteiger partial charge in [-0.2, -0.15) is 0 Å². The Morgan fingerprint density at radius 2 is 1.96 bits per heavy atom. The lowest BCUT2D eigenvalue weighted by atomic mass is 9.87. The summed E-state index contributed by atoms with van der Waals surface area (Å²) in [5, 5.41) is 0.539.